The van der Waals surface area contributed by atoms with Gasteiger partial charge in [0, 0.05) is 0 Å². The molecule has 0 N–H and O–H groups in total. The molecule has 0 unspecified atom stereocenters. The molecule has 0 aliphatic carbocycles. The van der Waals surface area contributed by atoms with Crippen molar-refractivity contribution in [1.29, 1.82) is 0 Å². The van der Waals surface area contributed by atoms with Crippen molar-refractivity contribution in [3.8, 4) is 0 Å². The van der Waals surface area contributed by atoms with Crippen molar-refractivity contribution in [3.05, 3.63) is 30.3 Å². The van der Waals surface area contributed by atoms with E-state index in [9.17, 15) is 0 Å². The first-order valence-electron chi connectivity index (χ1n) is 9.42. The molecule has 134 valence electrons. The number of hydrogen-bond acceptors (Lipinski definition) is 0. The normalized spacial score (nSPS) is 12.5. The van der Waals surface area contributed by atoms with E-state index in [1.165, 1.54) is 80.7 Å². The third-order valence-electron chi connectivity index (χ3n) is 4.34. The maximum absolute atomic E-state index is 6.65. The number of benzene rings is 1. The molecule has 3 heteroatoms. The van der Waals surface area contributed by atoms with Gasteiger partial charge in [-0.15, -0.1) is 0 Å². The predicted molar refractivity (Wildman–Crippen MR) is 109 cm³/mol. The van der Waals surface area contributed by atoms with Crippen LogP contribution in [0.15, 0.2) is 30.3 Å². The minimum atomic E-state index is -2.79. The Labute approximate surface area is 155 Å². The molecule has 0 bridgehead atoms. The first-order valence-corrected chi connectivity index (χ1v) is 18.1. The van der Waals surface area contributed by atoms with E-state index < -0.39 is 15.9 Å². The van der Waals surface area contributed by atoms with Crippen LogP contribution in [-0.4, -0.2) is 15.9 Å². The number of rotatable bonds is 14. The van der Waals surface area contributed by atoms with E-state index in [1.807, 2.05) is 18.2 Å². The molecule has 0 amide bonds. The Balaban J connectivity index is 1.93. The molecule has 0 saturated heterocycles. The van der Waals surface area contributed by atoms with Gasteiger partial charge in [-0.25, -0.2) is 0 Å². The van der Waals surface area contributed by atoms with Gasteiger partial charge in [-0.3, -0.25) is 0 Å². The van der Waals surface area contributed by atoms with Crippen LogP contribution in [-0.2, 0) is 0 Å². The fourth-order valence-electron chi connectivity index (χ4n) is 2.86. The molecule has 0 fully saturated rings. The van der Waals surface area contributed by atoms with Crippen LogP contribution in [0.3, 0.4) is 0 Å². The van der Waals surface area contributed by atoms with Gasteiger partial charge in [0.1, 0.15) is 0 Å². The molecule has 0 nitrogen and oxygen atoms in total. The van der Waals surface area contributed by atoms with Crippen molar-refractivity contribution >= 4 is 37.5 Å². The first-order chi connectivity index (χ1) is 11.2. The second kappa shape index (κ2) is 13.8. The van der Waals surface area contributed by atoms with Crippen molar-refractivity contribution in [2.45, 2.75) is 88.4 Å². The second-order valence-corrected chi connectivity index (χ2v) is 20.4. The van der Waals surface area contributed by atoms with Crippen molar-refractivity contribution in [1.82, 2.24) is 0 Å². The van der Waals surface area contributed by atoms with Crippen molar-refractivity contribution in [2.24, 2.45) is 0 Å². The van der Waals surface area contributed by atoms with Crippen LogP contribution >= 0.6 is 17.9 Å². The standard InChI is InChI=1S/C20H34Cl2Te/c1-2-3-4-5-6-7-8-9-10-11-12-16-19-23(21,22)20-17-14-13-15-18-20/h13-15,17-18H,2-12,16,19H2,1H3. The summed E-state index contributed by atoms with van der Waals surface area (Å²) >= 11 is -2.79. The number of halogens is 2. The van der Waals surface area contributed by atoms with Crippen molar-refractivity contribution in [3.63, 3.8) is 0 Å². The molecule has 0 radical (unpaired) electrons. The first kappa shape index (κ1) is 21.6. The van der Waals surface area contributed by atoms with Crippen LogP contribution in [0.4, 0.5) is 0 Å². The van der Waals surface area contributed by atoms with E-state index in [1.54, 1.807) is 0 Å². The van der Waals surface area contributed by atoms with Crippen molar-refractivity contribution in [2.75, 3.05) is 0 Å². The average Bonchev–Trinajstić information content (AvgIpc) is 2.56. The van der Waals surface area contributed by atoms with Gasteiger partial charge in [0.2, 0.25) is 0 Å². The van der Waals surface area contributed by atoms with Gasteiger partial charge in [0.25, 0.3) is 0 Å². The zero-order valence-electron chi connectivity index (χ0n) is 14.7. The summed E-state index contributed by atoms with van der Waals surface area (Å²) in [6.07, 6.45) is 16.5. The molecule has 0 atom stereocenters. The van der Waals surface area contributed by atoms with Crippen LogP contribution in [0.5, 0.6) is 0 Å². The molecule has 0 heterocycles. The molecule has 1 rings (SSSR count). The maximum atomic E-state index is 6.65. The van der Waals surface area contributed by atoms with Gasteiger partial charge in [-0.05, 0) is 0 Å². The molecule has 1 aromatic carbocycles. The van der Waals surface area contributed by atoms with Gasteiger partial charge in [-0.1, -0.05) is 13.3 Å². The molecule has 23 heavy (non-hydrogen) atoms. The van der Waals surface area contributed by atoms with E-state index in [0.29, 0.717) is 0 Å². The fraction of sp³-hybridized carbons (Fsp3) is 0.700. The Hall–Kier alpha value is 0.590. The third-order valence-corrected chi connectivity index (χ3v) is 13.8. The molecule has 0 aliphatic heterocycles. The zero-order chi connectivity index (χ0) is 16.8. The molecule has 1 aromatic rings. The van der Waals surface area contributed by atoms with Gasteiger partial charge in [0.15, 0.2) is 0 Å². The quantitative estimate of drug-likeness (QED) is 0.194. The van der Waals surface area contributed by atoms with Gasteiger partial charge >= 0.3 is 143 Å². The number of unbranched alkanes of at least 4 members (excludes halogenated alkanes) is 11. The zero-order valence-corrected chi connectivity index (χ0v) is 18.6. The van der Waals surface area contributed by atoms with Crippen LogP contribution < -0.4 is 3.61 Å². The Bertz CT molecular complexity index is 378. The SMILES string of the molecule is CCCCCCCCCCCCCC[Te](Cl)(Cl)c1ccccc1. The monoisotopic (exact) mass is 474 g/mol. The summed E-state index contributed by atoms with van der Waals surface area (Å²) in [5.41, 5.74) is 0. The summed E-state index contributed by atoms with van der Waals surface area (Å²) in [6.45, 7) is 2.28. The summed E-state index contributed by atoms with van der Waals surface area (Å²) in [4.78, 5) is 0. The predicted octanol–water partition coefficient (Wildman–Crippen LogP) is 7.51. The molecule has 0 spiro atoms. The van der Waals surface area contributed by atoms with E-state index in [4.69, 9.17) is 17.9 Å². The van der Waals surface area contributed by atoms with E-state index in [-0.39, 0.29) is 0 Å². The van der Waals surface area contributed by atoms with E-state index in [0.717, 1.165) is 4.47 Å². The fourth-order valence-corrected chi connectivity index (χ4v) is 9.58. The van der Waals surface area contributed by atoms with Gasteiger partial charge in [-0.2, -0.15) is 0 Å². The van der Waals surface area contributed by atoms with Crippen LogP contribution in [0.2, 0.25) is 4.47 Å². The summed E-state index contributed by atoms with van der Waals surface area (Å²) < 4.78 is 2.24. The summed E-state index contributed by atoms with van der Waals surface area (Å²) in [5.74, 6) is 0. The van der Waals surface area contributed by atoms with Gasteiger partial charge in [0.05, 0.1) is 0 Å². The second-order valence-electron chi connectivity index (χ2n) is 6.48. The molecule has 0 aliphatic rings. The molecular weight excluding hydrogens is 439 g/mol. The summed E-state index contributed by atoms with van der Waals surface area (Å²) in [5, 5.41) is 0. The van der Waals surface area contributed by atoms with Crippen LogP contribution in [0.25, 0.3) is 0 Å². The summed E-state index contributed by atoms with van der Waals surface area (Å²) in [7, 11) is 13.3. The summed E-state index contributed by atoms with van der Waals surface area (Å²) in [6, 6.07) is 10.3. The topological polar surface area (TPSA) is 0 Å². The van der Waals surface area contributed by atoms with Crippen LogP contribution in [0, 0.1) is 0 Å². The van der Waals surface area contributed by atoms with Crippen LogP contribution in [0.1, 0.15) is 84.0 Å². The van der Waals surface area contributed by atoms with Gasteiger partial charge < -0.3 is 0 Å². The molecule has 0 saturated carbocycles. The average molecular weight is 473 g/mol. The Morgan fingerprint density at radius 3 is 1.57 bits per heavy atom. The minimum absolute atomic E-state index is 1.03. The third kappa shape index (κ3) is 10.9. The Morgan fingerprint density at radius 2 is 1.09 bits per heavy atom. The number of hydrogen-bond donors (Lipinski definition) is 0. The molecular formula is C20H34Cl2Te. The Morgan fingerprint density at radius 1 is 0.652 bits per heavy atom. The Kier molecular flexibility index (Phi) is 13.0. The molecule has 0 aromatic heterocycles. The van der Waals surface area contributed by atoms with Crippen molar-refractivity contribution < 1.29 is 0 Å². The van der Waals surface area contributed by atoms with E-state index >= 15 is 0 Å². The van der Waals surface area contributed by atoms with E-state index in [2.05, 4.69) is 19.1 Å².